The average Bonchev–Trinajstić information content (AvgIpc) is 2.78. The van der Waals surface area contributed by atoms with E-state index in [2.05, 4.69) is 57.3 Å². The fourth-order valence-corrected chi connectivity index (χ4v) is 4.06. The summed E-state index contributed by atoms with van der Waals surface area (Å²) in [7, 11) is 0. The molecule has 0 saturated heterocycles. The second-order valence-corrected chi connectivity index (χ2v) is 8.14. The Balaban J connectivity index is 1.82. The van der Waals surface area contributed by atoms with E-state index in [0.717, 1.165) is 0 Å². The van der Waals surface area contributed by atoms with Crippen LogP contribution in [-0.4, -0.2) is 34.5 Å². The summed E-state index contributed by atoms with van der Waals surface area (Å²) in [6, 6.07) is 12.1. The van der Waals surface area contributed by atoms with Gasteiger partial charge in [-0.05, 0) is 57.0 Å². The van der Waals surface area contributed by atoms with E-state index in [1.54, 1.807) is 31.2 Å². The van der Waals surface area contributed by atoms with Gasteiger partial charge in [-0.25, -0.2) is 4.79 Å². The quantitative estimate of drug-likeness (QED) is 0.294. The minimum absolute atomic E-state index is 0.0737. The van der Waals surface area contributed by atoms with Crippen molar-refractivity contribution in [3.8, 4) is 17.7 Å². The molecule has 2 N–H and O–H groups in total. The smallest absolute Gasteiger partial charge is 0.414 e. The van der Waals surface area contributed by atoms with Gasteiger partial charge in [0.2, 0.25) is 11.6 Å². The number of ether oxygens (including phenoxy) is 2. The van der Waals surface area contributed by atoms with Gasteiger partial charge in [-0.1, -0.05) is 29.8 Å². The molecule has 3 aromatic rings. The number of carbonyl (C=O) groups is 2. The molecule has 1 aromatic heterocycles. The number of hydrogen-bond acceptors (Lipinski definition) is 9. The van der Waals surface area contributed by atoms with Crippen molar-refractivity contribution in [2.75, 3.05) is 12.0 Å². The number of alkyl carbamates (subject to hydrolysis) is 1. The van der Waals surface area contributed by atoms with E-state index in [4.69, 9.17) is 21.6 Å². The highest BCUT2D eigenvalue weighted by atomic mass is 79.9. The highest BCUT2D eigenvalue weighted by Gasteiger charge is 2.17. The Morgan fingerprint density at radius 1 is 1.18 bits per heavy atom. The van der Waals surface area contributed by atoms with Crippen molar-refractivity contribution in [2.24, 2.45) is 5.10 Å². The molecule has 0 fully saturated rings. The molecule has 2 amide bonds. The normalized spacial score (nSPS) is 10.9. The van der Waals surface area contributed by atoms with Crippen molar-refractivity contribution in [2.45, 2.75) is 6.92 Å². The van der Waals surface area contributed by atoms with E-state index in [1.165, 1.54) is 0 Å². The van der Waals surface area contributed by atoms with Crippen molar-refractivity contribution < 1.29 is 19.1 Å². The van der Waals surface area contributed by atoms with Gasteiger partial charge in [0, 0.05) is 10.8 Å². The Hall–Kier alpha value is -3.27. The third-order valence-electron chi connectivity index (χ3n) is 3.91. The van der Waals surface area contributed by atoms with Gasteiger partial charge in [0.15, 0.2) is 10.9 Å². The van der Waals surface area contributed by atoms with Crippen LogP contribution in [0.5, 0.6) is 11.6 Å². The molecule has 0 aliphatic carbocycles. The average molecular weight is 597 g/mol. The summed E-state index contributed by atoms with van der Waals surface area (Å²) < 4.78 is 11.6. The number of nitrogens with zero attached hydrogens (tertiary/aromatic N) is 4. The lowest BCUT2D eigenvalue weighted by atomic mass is 10.2. The lowest BCUT2D eigenvalue weighted by Crippen LogP contribution is -2.36. The Morgan fingerprint density at radius 3 is 2.48 bits per heavy atom. The van der Waals surface area contributed by atoms with E-state index in [1.807, 2.05) is 23.5 Å². The largest absolute Gasteiger partial charge is 0.450 e. The SMILES string of the molecule is CCOC(=O)NC(=O)/C(C#N)=N/Nc1cc(Br)c(Oc2nnc(Cl)c3ccccc23)c(Br)c1. The van der Waals surface area contributed by atoms with E-state index >= 15 is 0 Å². The number of imide groups is 1. The number of benzene rings is 2. The minimum atomic E-state index is -1.00. The van der Waals surface area contributed by atoms with Crippen LogP contribution in [0.2, 0.25) is 5.15 Å². The standard InChI is InChI=1S/C20H13Br2ClN6O4/c1-2-32-20(31)25-18(30)15(9-24)27-26-10-7-13(21)16(14(22)8-10)33-19-12-6-4-3-5-11(12)17(23)28-29-19/h3-8,26H,2H2,1H3,(H,25,30,31)/b27-15+. The molecule has 0 atom stereocenters. The van der Waals surface area contributed by atoms with Crippen LogP contribution in [-0.2, 0) is 9.53 Å². The van der Waals surface area contributed by atoms with Crippen molar-refractivity contribution in [3.63, 3.8) is 0 Å². The summed E-state index contributed by atoms with van der Waals surface area (Å²) in [5.74, 6) is -0.362. The highest BCUT2D eigenvalue weighted by molar-refractivity contribution is 9.11. The number of hydrogen-bond donors (Lipinski definition) is 2. The monoisotopic (exact) mass is 594 g/mol. The molecular formula is C20H13Br2ClN6O4. The zero-order valence-electron chi connectivity index (χ0n) is 16.7. The molecule has 0 aliphatic rings. The second kappa shape index (κ2) is 11.0. The van der Waals surface area contributed by atoms with Gasteiger partial charge in [0.1, 0.15) is 6.07 Å². The maximum Gasteiger partial charge on any atom is 0.414 e. The first kappa shape index (κ1) is 24.4. The predicted octanol–water partition coefficient (Wildman–Crippen LogP) is 5.16. The lowest BCUT2D eigenvalue weighted by molar-refractivity contribution is -0.114. The van der Waals surface area contributed by atoms with Crippen LogP contribution >= 0.6 is 43.5 Å². The van der Waals surface area contributed by atoms with Gasteiger partial charge in [0.25, 0.3) is 5.91 Å². The van der Waals surface area contributed by atoms with Gasteiger partial charge in [-0.2, -0.15) is 10.4 Å². The van der Waals surface area contributed by atoms with E-state index in [9.17, 15) is 9.59 Å². The first-order valence-electron chi connectivity index (χ1n) is 9.13. The first-order valence-corrected chi connectivity index (χ1v) is 11.1. The number of hydrazone groups is 1. The minimum Gasteiger partial charge on any atom is -0.450 e. The number of carbonyl (C=O) groups excluding carboxylic acids is 2. The summed E-state index contributed by atoms with van der Waals surface area (Å²) in [5.41, 5.74) is 2.42. The van der Waals surface area contributed by atoms with Crippen LogP contribution in [0.15, 0.2) is 50.4 Å². The Morgan fingerprint density at radius 2 is 1.85 bits per heavy atom. The van der Waals surface area contributed by atoms with Gasteiger partial charge in [0.05, 0.1) is 21.2 Å². The van der Waals surface area contributed by atoms with Crippen LogP contribution in [0.1, 0.15) is 6.92 Å². The highest BCUT2D eigenvalue weighted by Crippen LogP contribution is 2.40. The summed E-state index contributed by atoms with van der Waals surface area (Å²) in [4.78, 5) is 23.3. The number of anilines is 1. The topological polar surface area (TPSA) is 139 Å². The number of nitriles is 1. The van der Waals surface area contributed by atoms with Gasteiger partial charge in [-0.3, -0.25) is 15.5 Å². The van der Waals surface area contributed by atoms with Crippen LogP contribution in [0, 0.1) is 11.3 Å². The Bertz CT molecular complexity index is 1290. The van der Waals surface area contributed by atoms with Crippen molar-refractivity contribution in [1.29, 1.82) is 5.26 Å². The number of fused-ring (bicyclic) bond motifs is 1. The molecule has 0 unspecified atom stereocenters. The molecule has 0 spiro atoms. The number of halogens is 3. The second-order valence-electron chi connectivity index (χ2n) is 6.07. The van der Waals surface area contributed by atoms with Crippen molar-refractivity contribution in [3.05, 3.63) is 50.5 Å². The summed E-state index contributed by atoms with van der Waals surface area (Å²) in [6.07, 6.45) is -0.977. The molecule has 0 bridgehead atoms. The molecule has 33 heavy (non-hydrogen) atoms. The lowest BCUT2D eigenvalue weighted by Gasteiger charge is -2.12. The zero-order chi connectivity index (χ0) is 24.0. The molecule has 2 aromatic carbocycles. The van der Waals surface area contributed by atoms with Gasteiger partial charge >= 0.3 is 6.09 Å². The fourth-order valence-electron chi connectivity index (χ4n) is 2.51. The van der Waals surface area contributed by atoms with Crippen LogP contribution in [0.3, 0.4) is 0 Å². The fraction of sp³-hybridized carbons (Fsp3) is 0.100. The summed E-state index contributed by atoms with van der Waals surface area (Å²) in [6.45, 7) is 1.65. The number of aromatic nitrogens is 2. The molecule has 13 heteroatoms. The molecule has 0 aliphatic heterocycles. The van der Waals surface area contributed by atoms with E-state index in [-0.39, 0.29) is 17.6 Å². The maximum absolute atomic E-state index is 11.9. The summed E-state index contributed by atoms with van der Waals surface area (Å²) >= 11 is 12.9. The Kier molecular flexibility index (Phi) is 8.16. The third-order valence-corrected chi connectivity index (χ3v) is 5.37. The van der Waals surface area contributed by atoms with Crippen molar-refractivity contribution >= 4 is 77.6 Å². The van der Waals surface area contributed by atoms with Crippen LogP contribution in [0.25, 0.3) is 10.8 Å². The zero-order valence-corrected chi connectivity index (χ0v) is 20.7. The van der Waals surface area contributed by atoms with Crippen LogP contribution < -0.4 is 15.5 Å². The predicted molar refractivity (Wildman–Crippen MR) is 128 cm³/mol. The van der Waals surface area contributed by atoms with Crippen LogP contribution in [0.4, 0.5) is 10.5 Å². The van der Waals surface area contributed by atoms with Gasteiger partial charge < -0.3 is 9.47 Å². The molecule has 3 rings (SSSR count). The molecule has 0 saturated carbocycles. The molecule has 1 heterocycles. The molecular weight excluding hydrogens is 584 g/mol. The summed E-state index contributed by atoms with van der Waals surface area (Å²) in [5, 5.41) is 24.3. The van der Waals surface area contributed by atoms with Gasteiger partial charge in [-0.15, -0.1) is 10.2 Å². The third kappa shape index (κ3) is 5.95. The maximum atomic E-state index is 11.9. The first-order chi connectivity index (χ1) is 15.8. The molecule has 168 valence electrons. The van der Waals surface area contributed by atoms with Crippen molar-refractivity contribution in [1.82, 2.24) is 15.5 Å². The number of nitrogens with one attached hydrogen (secondary N) is 2. The number of rotatable bonds is 6. The number of amides is 2. The van der Waals surface area contributed by atoms with E-state index in [0.29, 0.717) is 31.2 Å². The molecule has 10 nitrogen and oxygen atoms in total. The Labute approximate surface area is 209 Å². The molecule has 0 radical (unpaired) electrons. The van der Waals surface area contributed by atoms with E-state index < -0.39 is 17.7 Å².